The maximum absolute atomic E-state index is 11.4. The lowest BCUT2D eigenvalue weighted by Gasteiger charge is -2.12. The molecule has 0 amide bonds. The highest BCUT2D eigenvalue weighted by Gasteiger charge is 2.34. The summed E-state index contributed by atoms with van der Waals surface area (Å²) >= 11 is 0. The molecule has 1 radical (unpaired) electrons. The van der Waals surface area contributed by atoms with Gasteiger partial charge in [-0.05, 0) is 0 Å². The van der Waals surface area contributed by atoms with Gasteiger partial charge in [-0.2, -0.15) is 0 Å². The fraction of sp³-hybridized carbons (Fsp3) is 0.500. The van der Waals surface area contributed by atoms with Crippen molar-refractivity contribution in [1.82, 2.24) is 10.6 Å². The van der Waals surface area contributed by atoms with Crippen LogP contribution in [0.25, 0.3) is 0 Å². The number of hydrogen-bond acceptors (Lipinski definition) is 2. The van der Waals surface area contributed by atoms with Crippen molar-refractivity contribution in [3.8, 4) is 0 Å². The van der Waals surface area contributed by atoms with Crippen molar-refractivity contribution in [2.45, 2.75) is 12.7 Å². The predicted octanol–water partition coefficient (Wildman–Crippen LogP) is 0.485. The van der Waals surface area contributed by atoms with E-state index in [0.29, 0.717) is 0 Å². The number of rotatable bonds is 1. The van der Waals surface area contributed by atoms with Gasteiger partial charge in [0.15, 0.2) is 0 Å². The monoisotopic (exact) mass is 153 g/mol. The zero-order valence-corrected chi connectivity index (χ0v) is 4.72. The maximum Gasteiger partial charge on any atom is 0.525 e. The lowest BCUT2D eigenvalue weighted by Crippen LogP contribution is -2.35. The minimum absolute atomic E-state index is 1.20. The van der Waals surface area contributed by atoms with Gasteiger partial charge in [0.2, 0.25) is 6.35 Å². The molecular weight excluding hydrogens is 149 g/mol. The van der Waals surface area contributed by atoms with E-state index in [0.717, 1.165) is 0 Å². The van der Waals surface area contributed by atoms with Gasteiger partial charge >= 0.3 is 6.36 Å². The van der Waals surface area contributed by atoms with E-state index >= 15 is 0 Å². The highest BCUT2D eigenvalue weighted by Crippen LogP contribution is 2.18. The Labute approximate surface area is 54.8 Å². The van der Waals surface area contributed by atoms with E-state index in [2.05, 4.69) is 15.4 Å². The largest absolute Gasteiger partial charge is 0.525 e. The molecule has 6 heteroatoms. The molecule has 1 atom stereocenters. The maximum atomic E-state index is 11.4. The molecule has 57 valence electrons. The van der Waals surface area contributed by atoms with Crippen LogP contribution in [0.2, 0.25) is 0 Å². The Morgan fingerprint density at radius 1 is 1.50 bits per heavy atom. The van der Waals surface area contributed by atoms with Crippen LogP contribution >= 0.6 is 0 Å². The van der Waals surface area contributed by atoms with E-state index < -0.39 is 12.7 Å². The van der Waals surface area contributed by atoms with Crippen molar-refractivity contribution in [3.63, 3.8) is 0 Å². The molecule has 10 heavy (non-hydrogen) atoms. The molecule has 0 saturated carbocycles. The molecule has 1 aliphatic heterocycles. The summed E-state index contributed by atoms with van der Waals surface area (Å²) in [6.07, 6.45) is -3.46. The normalized spacial score (nSPS) is 18.7. The fourth-order valence-corrected chi connectivity index (χ4v) is 0.481. The van der Waals surface area contributed by atoms with Crippen molar-refractivity contribution in [1.29, 1.82) is 0 Å². The van der Waals surface area contributed by atoms with E-state index in [1.165, 1.54) is 12.4 Å². The van der Waals surface area contributed by atoms with Crippen LogP contribution in [0.4, 0.5) is 13.2 Å². The average molecular weight is 153 g/mol. The molecule has 0 aliphatic carbocycles. The van der Waals surface area contributed by atoms with Crippen molar-refractivity contribution < 1.29 is 17.9 Å². The number of hydrogen-bond donors (Lipinski definition) is 1. The first kappa shape index (κ1) is 7.20. The van der Waals surface area contributed by atoms with Crippen molar-refractivity contribution in [3.05, 3.63) is 12.4 Å². The van der Waals surface area contributed by atoms with Crippen LogP contribution in [0.3, 0.4) is 0 Å². The lowest BCUT2D eigenvalue weighted by molar-refractivity contribution is -0.347. The summed E-state index contributed by atoms with van der Waals surface area (Å²) in [7, 11) is 0. The number of nitrogens with zero attached hydrogens (tertiary/aromatic N) is 1. The van der Waals surface area contributed by atoms with Crippen LogP contribution in [-0.2, 0) is 4.74 Å². The first-order valence-corrected chi connectivity index (χ1v) is 2.43. The van der Waals surface area contributed by atoms with Gasteiger partial charge in [0.25, 0.3) is 0 Å². The smallest absolute Gasteiger partial charge is 0.346 e. The zero-order valence-electron chi connectivity index (χ0n) is 4.72. The van der Waals surface area contributed by atoms with Gasteiger partial charge in [-0.25, -0.2) is 10.1 Å². The Bertz CT molecular complexity index is 136. The first-order valence-electron chi connectivity index (χ1n) is 2.43. The second-order valence-electron chi connectivity index (χ2n) is 1.55. The van der Waals surface area contributed by atoms with E-state index in [4.69, 9.17) is 0 Å². The molecule has 1 unspecified atom stereocenters. The zero-order chi connectivity index (χ0) is 7.61. The Kier molecular flexibility index (Phi) is 1.71. The number of nitrogens with one attached hydrogen (secondary N) is 1. The molecule has 0 bridgehead atoms. The van der Waals surface area contributed by atoms with Crippen molar-refractivity contribution in [2.75, 3.05) is 0 Å². The number of halogens is 3. The van der Waals surface area contributed by atoms with Crippen molar-refractivity contribution >= 4 is 0 Å². The molecule has 0 aromatic carbocycles. The first-order chi connectivity index (χ1) is 4.58. The predicted molar refractivity (Wildman–Crippen MR) is 25.3 cm³/mol. The van der Waals surface area contributed by atoms with Crippen molar-refractivity contribution in [2.24, 2.45) is 0 Å². The Hall–Kier alpha value is -0.910. The SMILES string of the molecule is FC(F)(F)OC1[N]C=CN1. The summed E-state index contributed by atoms with van der Waals surface area (Å²) in [6.45, 7) is 0. The molecule has 0 spiro atoms. The average Bonchev–Trinajstić information content (AvgIpc) is 2.12. The molecule has 0 aromatic rings. The van der Waals surface area contributed by atoms with Gasteiger partial charge in [0.1, 0.15) is 0 Å². The highest BCUT2D eigenvalue weighted by molar-refractivity contribution is 4.86. The summed E-state index contributed by atoms with van der Waals surface area (Å²) in [5.41, 5.74) is 0. The molecular formula is C4H4F3N2O. The Morgan fingerprint density at radius 3 is 2.60 bits per heavy atom. The standard InChI is InChI=1S/C4H4F3N2O/c5-4(6,7)10-3-8-1-2-9-3/h1-3,8H. The number of alkyl halides is 3. The van der Waals surface area contributed by atoms with E-state index in [1.807, 2.05) is 0 Å². The highest BCUT2D eigenvalue weighted by atomic mass is 19.4. The van der Waals surface area contributed by atoms with Crippen LogP contribution < -0.4 is 10.6 Å². The van der Waals surface area contributed by atoms with Gasteiger partial charge in [-0.3, -0.25) is 0 Å². The van der Waals surface area contributed by atoms with Gasteiger partial charge in [-0.1, -0.05) is 0 Å². The summed E-state index contributed by atoms with van der Waals surface area (Å²) in [5.74, 6) is 0. The van der Waals surface area contributed by atoms with Crippen LogP contribution in [0.5, 0.6) is 0 Å². The van der Waals surface area contributed by atoms with Crippen LogP contribution in [0.15, 0.2) is 12.4 Å². The molecule has 0 saturated heterocycles. The molecule has 3 nitrogen and oxygen atoms in total. The minimum Gasteiger partial charge on any atom is -0.346 e. The quantitative estimate of drug-likeness (QED) is 0.594. The summed E-state index contributed by atoms with van der Waals surface area (Å²) in [4.78, 5) is 0. The third-order valence-electron chi connectivity index (χ3n) is 0.780. The van der Waals surface area contributed by atoms with E-state index in [1.54, 1.807) is 0 Å². The third-order valence-corrected chi connectivity index (χ3v) is 0.780. The summed E-state index contributed by atoms with van der Waals surface area (Å²) in [6, 6.07) is 0. The summed E-state index contributed by atoms with van der Waals surface area (Å²) < 4.78 is 37.5. The third kappa shape index (κ3) is 2.14. The molecule has 1 heterocycles. The Balaban J connectivity index is 2.26. The molecule has 1 rings (SSSR count). The second-order valence-corrected chi connectivity index (χ2v) is 1.55. The van der Waals surface area contributed by atoms with Gasteiger partial charge in [0.05, 0.1) is 0 Å². The molecule has 0 aromatic heterocycles. The van der Waals surface area contributed by atoms with Gasteiger partial charge < -0.3 is 5.32 Å². The summed E-state index contributed by atoms with van der Waals surface area (Å²) in [5, 5.41) is 5.51. The second kappa shape index (κ2) is 2.37. The van der Waals surface area contributed by atoms with E-state index in [9.17, 15) is 13.2 Å². The van der Waals surface area contributed by atoms with Crippen LogP contribution in [0, 0.1) is 0 Å². The minimum atomic E-state index is -4.63. The fourth-order valence-electron chi connectivity index (χ4n) is 0.481. The van der Waals surface area contributed by atoms with E-state index in [-0.39, 0.29) is 0 Å². The molecule has 1 aliphatic rings. The molecule has 1 N–H and O–H groups in total. The topological polar surface area (TPSA) is 35.4 Å². The van der Waals surface area contributed by atoms with Gasteiger partial charge in [-0.15, -0.1) is 13.2 Å². The lowest BCUT2D eigenvalue weighted by atomic mass is 10.9. The van der Waals surface area contributed by atoms with Gasteiger partial charge in [0, 0.05) is 12.4 Å². The van der Waals surface area contributed by atoms with Crippen LogP contribution in [0.1, 0.15) is 0 Å². The Morgan fingerprint density at radius 2 is 2.20 bits per heavy atom. The van der Waals surface area contributed by atoms with Crippen LogP contribution in [-0.4, -0.2) is 12.7 Å². The number of ether oxygens (including phenoxy) is 1. The molecule has 0 fully saturated rings.